The van der Waals surface area contributed by atoms with Crippen LogP contribution in [-0.2, 0) is 9.09 Å². The smallest absolute Gasteiger partial charge is 0.298 e. The van der Waals surface area contributed by atoms with E-state index in [1.807, 2.05) is 13.8 Å². The monoisotopic (exact) mass is 165 g/mol. The first-order chi connectivity index (χ1) is 4.36. The van der Waals surface area contributed by atoms with Crippen molar-refractivity contribution in [2.75, 3.05) is 0 Å². The molecule has 1 radical (unpaired) electrons. The zero-order chi connectivity index (χ0) is 8.36. The lowest BCUT2D eigenvalue weighted by Crippen LogP contribution is -2.28. The average Bonchev–Trinajstić information content (AvgIpc) is 1.60. The lowest BCUT2D eigenvalue weighted by molar-refractivity contribution is 0.0564. The Hall–Kier alpha value is 0.0200. The first kappa shape index (κ1) is 10.0. The molecule has 0 amide bonds. The van der Waals surface area contributed by atoms with E-state index in [0.717, 1.165) is 0 Å². The molecule has 1 atom stereocenters. The van der Waals surface area contributed by atoms with Gasteiger partial charge in [0.1, 0.15) is 0 Å². The van der Waals surface area contributed by atoms with Crippen LogP contribution >= 0.6 is 8.25 Å². The molecule has 0 rings (SSSR count). The van der Waals surface area contributed by atoms with Crippen LogP contribution in [0.25, 0.3) is 0 Å². The summed E-state index contributed by atoms with van der Waals surface area (Å²) in [5.41, 5.74) is -0.512. The first-order valence-corrected chi connectivity index (χ1v) is 4.34. The van der Waals surface area contributed by atoms with Gasteiger partial charge in [0.15, 0.2) is 0 Å². The summed E-state index contributed by atoms with van der Waals surface area (Å²) in [4.78, 5) is 8.42. The Morgan fingerprint density at radius 1 is 1.50 bits per heavy atom. The molecule has 61 valence electrons. The molecule has 0 fully saturated rings. The third kappa shape index (κ3) is 3.25. The summed E-state index contributed by atoms with van der Waals surface area (Å²) in [7, 11) is -2.47. The Morgan fingerprint density at radius 3 is 2.00 bits per heavy atom. The van der Waals surface area contributed by atoms with Crippen LogP contribution in [0.4, 0.5) is 0 Å². The van der Waals surface area contributed by atoms with Gasteiger partial charge < -0.3 is 0 Å². The summed E-state index contributed by atoms with van der Waals surface area (Å²) in [5.74, 6) is 0.235. The van der Waals surface area contributed by atoms with Crippen molar-refractivity contribution in [3.8, 4) is 0 Å². The minimum Gasteiger partial charge on any atom is -0.298 e. The standard InChI is InChI=1S/C6H14O3P/c1-5(2)6(3,4)9-10(7)8/h5H,1-4H3,(H,7,8). The van der Waals surface area contributed by atoms with Crippen LogP contribution in [0.2, 0.25) is 0 Å². The minimum absolute atomic E-state index is 0.235. The molecule has 10 heavy (non-hydrogen) atoms. The van der Waals surface area contributed by atoms with Gasteiger partial charge in [-0.05, 0) is 19.8 Å². The lowest BCUT2D eigenvalue weighted by Gasteiger charge is -2.26. The number of hydrogen-bond donors (Lipinski definition) is 1. The second-order valence-corrected chi connectivity index (χ2v) is 3.75. The highest BCUT2D eigenvalue weighted by Crippen LogP contribution is 2.30. The van der Waals surface area contributed by atoms with Crippen molar-refractivity contribution >= 4 is 8.25 Å². The van der Waals surface area contributed by atoms with Crippen LogP contribution in [-0.4, -0.2) is 10.5 Å². The molecule has 0 heterocycles. The molecule has 0 aliphatic heterocycles. The van der Waals surface area contributed by atoms with Gasteiger partial charge in [0, 0.05) is 0 Å². The largest absolute Gasteiger partial charge is 0.366 e. The summed E-state index contributed by atoms with van der Waals surface area (Å²) in [6.45, 7) is 7.47. The molecule has 0 aromatic carbocycles. The molecule has 0 aliphatic rings. The van der Waals surface area contributed by atoms with E-state index in [2.05, 4.69) is 0 Å². The van der Waals surface area contributed by atoms with Gasteiger partial charge in [-0.2, -0.15) is 0 Å². The second-order valence-electron chi connectivity index (χ2n) is 3.09. The molecule has 0 aromatic rings. The van der Waals surface area contributed by atoms with Gasteiger partial charge in [-0.1, -0.05) is 13.8 Å². The van der Waals surface area contributed by atoms with Crippen molar-refractivity contribution in [3.05, 3.63) is 0 Å². The highest BCUT2D eigenvalue weighted by atomic mass is 31.1. The zero-order valence-corrected chi connectivity index (χ0v) is 7.68. The van der Waals surface area contributed by atoms with E-state index in [4.69, 9.17) is 9.42 Å². The van der Waals surface area contributed by atoms with E-state index in [1.54, 1.807) is 13.8 Å². The van der Waals surface area contributed by atoms with Crippen molar-refractivity contribution in [2.45, 2.75) is 33.3 Å². The molecule has 1 N–H and O–H groups in total. The molecule has 1 unspecified atom stereocenters. The molecule has 4 heteroatoms. The van der Waals surface area contributed by atoms with Crippen molar-refractivity contribution in [1.29, 1.82) is 0 Å². The Bertz CT molecular complexity index is 131. The third-order valence-electron chi connectivity index (χ3n) is 1.70. The number of rotatable bonds is 3. The maximum Gasteiger partial charge on any atom is 0.366 e. The molecule has 0 saturated heterocycles. The Balaban J connectivity index is 3.99. The predicted molar refractivity (Wildman–Crippen MR) is 39.8 cm³/mol. The van der Waals surface area contributed by atoms with Gasteiger partial charge in [0.05, 0.1) is 5.60 Å². The highest BCUT2D eigenvalue weighted by molar-refractivity contribution is 7.32. The fourth-order valence-corrected chi connectivity index (χ4v) is 0.920. The maximum absolute atomic E-state index is 10.2. The zero-order valence-electron chi connectivity index (χ0n) is 6.79. The Morgan fingerprint density at radius 2 is 1.90 bits per heavy atom. The normalized spacial score (nSPS) is 14.0. The lowest BCUT2D eigenvalue weighted by atomic mass is 9.95. The fraction of sp³-hybridized carbons (Fsp3) is 1.00. The molecule has 0 saturated carbocycles. The predicted octanol–water partition coefficient (Wildman–Crippen LogP) is 2.09. The van der Waals surface area contributed by atoms with E-state index < -0.39 is 13.9 Å². The summed E-state index contributed by atoms with van der Waals surface area (Å²) in [6.07, 6.45) is 0. The van der Waals surface area contributed by atoms with Crippen molar-refractivity contribution < 1.29 is 14.0 Å². The molecule has 0 aromatic heterocycles. The van der Waals surface area contributed by atoms with Gasteiger partial charge in [-0.15, -0.1) is 0 Å². The van der Waals surface area contributed by atoms with E-state index in [1.165, 1.54) is 0 Å². The van der Waals surface area contributed by atoms with Gasteiger partial charge in [-0.3, -0.25) is 9.42 Å². The van der Waals surface area contributed by atoms with Crippen LogP contribution in [0.15, 0.2) is 0 Å². The van der Waals surface area contributed by atoms with Crippen LogP contribution in [0.5, 0.6) is 0 Å². The molecular formula is C6H14O3P. The van der Waals surface area contributed by atoms with E-state index in [9.17, 15) is 4.57 Å². The quantitative estimate of drug-likeness (QED) is 0.651. The Labute approximate surface area is 62.3 Å². The van der Waals surface area contributed by atoms with E-state index in [0.29, 0.717) is 0 Å². The van der Waals surface area contributed by atoms with Crippen LogP contribution in [0, 0.1) is 5.92 Å². The first-order valence-electron chi connectivity index (χ1n) is 3.21. The fourth-order valence-electron chi connectivity index (χ4n) is 0.307. The summed E-state index contributed by atoms with van der Waals surface area (Å²) in [5, 5.41) is 0. The van der Waals surface area contributed by atoms with Crippen molar-refractivity contribution in [2.24, 2.45) is 5.92 Å². The third-order valence-corrected chi connectivity index (χ3v) is 2.33. The van der Waals surface area contributed by atoms with Crippen LogP contribution < -0.4 is 0 Å². The van der Waals surface area contributed by atoms with Gasteiger partial charge >= 0.3 is 8.25 Å². The topological polar surface area (TPSA) is 46.5 Å². The van der Waals surface area contributed by atoms with Crippen LogP contribution in [0.3, 0.4) is 0 Å². The van der Waals surface area contributed by atoms with E-state index in [-0.39, 0.29) is 5.92 Å². The molecular weight excluding hydrogens is 151 g/mol. The van der Waals surface area contributed by atoms with Crippen LogP contribution in [0.1, 0.15) is 27.7 Å². The molecule has 0 aliphatic carbocycles. The molecule has 0 spiro atoms. The minimum atomic E-state index is -2.47. The maximum atomic E-state index is 10.2. The summed E-state index contributed by atoms with van der Waals surface area (Å²) < 4.78 is 15.0. The van der Waals surface area contributed by atoms with Crippen molar-refractivity contribution in [3.63, 3.8) is 0 Å². The molecule has 0 bridgehead atoms. The van der Waals surface area contributed by atoms with Gasteiger partial charge in [0.25, 0.3) is 0 Å². The van der Waals surface area contributed by atoms with Gasteiger partial charge in [-0.25, -0.2) is 4.57 Å². The van der Waals surface area contributed by atoms with Crippen molar-refractivity contribution in [1.82, 2.24) is 0 Å². The summed E-state index contributed by atoms with van der Waals surface area (Å²) in [6, 6.07) is 0. The average molecular weight is 165 g/mol. The second kappa shape index (κ2) is 3.42. The molecule has 3 nitrogen and oxygen atoms in total. The Kier molecular flexibility index (Phi) is 3.43. The van der Waals surface area contributed by atoms with E-state index >= 15 is 0 Å². The highest BCUT2D eigenvalue weighted by Gasteiger charge is 2.25. The van der Waals surface area contributed by atoms with Gasteiger partial charge in [0.2, 0.25) is 0 Å². The summed E-state index contributed by atoms with van der Waals surface area (Å²) >= 11 is 0. The number of hydrogen-bond acceptors (Lipinski definition) is 2. The SMILES string of the molecule is CC(C)C(C)(C)O[P](=O)O.